The second-order valence-electron chi connectivity index (χ2n) is 9.98. The first-order valence-electron chi connectivity index (χ1n) is 13.3. The average molecular weight is 512 g/mol. The zero-order valence-electron chi connectivity index (χ0n) is 21.7. The van der Waals surface area contributed by atoms with E-state index in [1.54, 1.807) is 24.3 Å². The third-order valence-corrected chi connectivity index (χ3v) is 7.30. The van der Waals surface area contributed by atoms with Crippen LogP contribution in [0.2, 0.25) is 0 Å². The molecule has 38 heavy (non-hydrogen) atoms. The predicted molar refractivity (Wildman–Crippen MR) is 150 cm³/mol. The fourth-order valence-electron chi connectivity index (χ4n) is 5.16. The number of nitrogens with zero attached hydrogens (tertiary/aromatic N) is 2. The van der Waals surface area contributed by atoms with Crippen LogP contribution in [-0.2, 0) is 17.7 Å². The van der Waals surface area contributed by atoms with Gasteiger partial charge in [0.05, 0.1) is 29.1 Å². The SMILES string of the molecule is CCCCCc1ccc(-c2cc(-c3ccc(C(=O)O)cc3)c3c(=O)n(CC4CCCO4)c(N)nc3c2)cc1. The van der Waals surface area contributed by atoms with Crippen LogP contribution in [0.5, 0.6) is 0 Å². The highest BCUT2D eigenvalue weighted by Gasteiger charge is 2.21. The Morgan fingerprint density at radius 2 is 1.79 bits per heavy atom. The average Bonchev–Trinajstić information content (AvgIpc) is 3.44. The van der Waals surface area contributed by atoms with Crippen molar-refractivity contribution in [1.29, 1.82) is 0 Å². The number of hydrogen-bond acceptors (Lipinski definition) is 5. The second kappa shape index (κ2) is 11.2. The highest BCUT2D eigenvalue weighted by molar-refractivity contribution is 5.98. The van der Waals surface area contributed by atoms with Crippen LogP contribution in [0.3, 0.4) is 0 Å². The lowest BCUT2D eigenvalue weighted by molar-refractivity contribution is 0.0697. The topological polar surface area (TPSA) is 107 Å². The quantitative estimate of drug-likeness (QED) is 0.270. The molecule has 1 aliphatic heterocycles. The van der Waals surface area contributed by atoms with Gasteiger partial charge in [0.25, 0.3) is 5.56 Å². The Balaban J connectivity index is 1.63. The van der Waals surface area contributed by atoms with E-state index < -0.39 is 5.97 Å². The first-order valence-corrected chi connectivity index (χ1v) is 13.3. The molecule has 2 heterocycles. The first-order chi connectivity index (χ1) is 18.4. The van der Waals surface area contributed by atoms with Gasteiger partial charge in [0.15, 0.2) is 0 Å². The van der Waals surface area contributed by atoms with Gasteiger partial charge in [0.1, 0.15) is 0 Å². The normalized spacial score (nSPS) is 15.2. The number of aromatic carboxylic acids is 1. The minimum Gasteiger partial charge on any atom is -0.478 e. The first kappa shape index (κ1) is 25.7. The summed E-state index contributed by atoms with van der Waals surface area (Å²) in [4.78, 5) is 29.9. The number of aryl methyl sites for hydroxylation is 1. The van der Waals surface area contributed by atoms with Crippen molar-refractivity contribution in [2.24, 2.45) is 0 Å². The number of carboxylic acid groups (broad SMARTS) is 1. The lowest BCUT2D eigenvalue weighted by Gasteiger charge is -2.17. The molecule has 1 unspecified atom stereocenters. The van der Waals surface area contributed by atoms with Crippen LogP contribution < -0.4 is 11.3 Å². The van der Waals surface area contributed by atoms with Crippen molar-refractivity contribution in [2.75, 3.05) is 12.3 Å². The standard InChI is InChI=1S/C31H33N3O4/c1-2-3-4-6-20-8-10-21(11-9-20)24-17-26(22-12-14-23(15-13-22)30(36)37)28-27(18-24)33-31(32)34(29(28)35)19-25-7-5-16-38-25/h8-15,17-18,25H,2-7,16,19H2,1H3,(H2,32,33)(H,36,37). The van der Waals surface area contributed by atoms with E-state index in [4.69, 9.17) is 10.5 Å². The van der Waals surface area contributed by atoms with Crippen molar-refractivity contribution < 1.29 is 14.6 Å². The van der Waals surface area contributed by atoms with E-state index in [1.165, 1.54) is 29.4 Å². The third-order valence-electron chi connectivity index (χ3n) is 7.30. The number of hydrogen-bond donors (Lipinski definition) is 2. The molecule has 1 atom stereocenters. The van der Waals surface area contributed by atoms with Gasteiger partial charge in [0, 0.05) is 6.61 Å². The third kappa shape index (κ3) is 5.34. The summed E-state index contributed by atoms with van der Waals surface area (Å²) < 4.78 is 7.25. The molecule has 0 radical (unpaired) electrons. The molecular formula is C31H33N3O4. The number of unbranched alkanes of at least 4 members (excludes halogenated alkanes) is 2. The monoisotopic (exact) mass is 511 g/mol. The molecule has 0 amide bonds. The van der Waals surface area contributed by atoms with Gasteiger partial charge in [-0.15, -0.1) is 0 Å². The maximum atomic E-state index is 13.8. The number of anilines is 1. The Bertz CT molecular complexity index is 1500. The Morgan fingerprint density at radius 1 is 1.05 bits per heavy atom. The van der Waals surface area contributed by atoms with Gasteiger partial charge in [-0.3, -0.25) is 9.36 Å². The Hall–Kier alpha value is -3.97. The number of carbonyl (C=O) groups is 1. The number of carboxylic acids is 1. The van der Waals surface area contributed by atoms with Crippen LogP contribution in [-0.4, -0.2) is 33.3 Å². The van der Waals surface area contributed by atoms with Gasteiger partial charge in [-0.1, -0.05) is 56.2 Å². The van der Waals surface area contributed by atoms with E-state index >= 15 is 0 Å². The molecule has 5 rings (SSSR count). The smallest absolute Gasteiger partial charge is 0.335 e. The Morgan fingerprint density at radius 3 is 2.45 bits per heavy atom. The molecule has 1 fully saturated rings. The fourth-order valence-corrected chi connectivity index (χ4v) is 5.16. The molecule has 4 aromatic rings. The Labute approximate surface area is 221 Å². The number of fused-ring (bicyclic) bond motifs is 1. The minimum absolute atomic E-state index is 0.0670. The second-order valence-corrected chi connectivity index (χ2v) is 9.98. The van der Waals surface area contributed by atoms with Crippen molar-refractivity contribution in [3.05, 3.63) is 82.1 Å². The summed E-state index contributed by atoms with van der Waals surface area (Å²) in [6, 6.07) is 19.0. The van der Waals surface area contributed by atoms with Gasteiger partial charge in [-0.25, -0.2) is 9.78 Å². The van der Waals surface area contributed by atoms with E-state index in [-0.39, 0.29) is 23.2 Å². The van der Waals surface area contributed by atoms with Gasteiger partial charge in [-0.05, 0) is 77.8 Å². The van der Waals surface area contributed by atoms with Gasteiger partial charge in [-0.2, -0.15) is 0 Å². The Kier molecular flexibility index (Phi) is 7.56. The minimum atomic E-state index is -0.998. The molecular weight excluding hydrogens is 478 g/mol. The molecule has 7 heteroatoms. The van der Waals surface area contributed by atoms with Crippen LogP contribution in [0.15, 0.2) is 65.5 Å². The van der Waals surface area contributed by atoms with Gasteiger partial charge < -0.3 is 15.6 Å². The van der Waals surface area contributed by atoms with E-state index in [0.717, 1.165) is 36.0 Å². The lowest BCUT2D eigenvalue weighted by atomic mass is 9.94. The number of benzene rings is 3. The lowest BCUT2D eigenvalue weighted by Crippen LogP contribution is -2.29. The molecule has 3 N–H and O–H groups in total. The molecule has 0 aliphatic carbocycles. The van der Waals surface area contributed by atoms with Crippen molar-refractivity contribution in [2.45, 2.75) is 58.1 Å². The van der Waals surface area contributed by atoms with Crippen molar-refractivity contribution in [3.63, 3.8) is 0 Å². The maximum absolute atomic E-state index is 13.8. The van der Waals surface area contributed by atoms with Gasteiger partial charge in [0.2, 0.25) is 5.95 Å². The predicted octanol–water partition coefficient (Wildman–Crippen LogP) is 5.92. The molecule has 0 saturated carbocycles. The summed E-state index contributed by atoms with van der Waals surface area (Å²) in [6.07, 6.45) is 6.40. The van der Waals surface area contributed by atoms with Gasteiger partial charge >= 0.3 is 5.97 Å². The molecule has 0 spiro atoms. The summed E-state index contributed by atoms with van der Waals surface area (Å²) in [5, 5.41) is 9.82. The van der Waals surface area contributed by atoms with Crippen molar-refractivity contribution >= 4 is 22.8 Å². The van der Waals surface area contributed by atoms with Crippen LogP contribution in [0.4, 0.5) is 5.95 Å². The summed E-state index contributed by atoms with van der Waals surface area (Å²) in [6.45, 7) is 3.24. The number of ether oxygens (including phenoxy) is 1. The fraction of sp³-hybridized carbons (Fsp3) is 0.323. The maximum Gasteiger partial charge on any atom is 0.335 e. The van der Waals surface area contributed by atoms with E-state index in [9.17, 15) is 14.7 Å². The number of nitrogens with two attached hydrogens (primary N) is 1. The van der Waals surface area contributed by atoms with E-state index in [1.807, 2.05) is 12.1 Å². The molecule has 0 bridgehead atoms. The van der Waals surface area contributed by atoms with E-state index in [0.29, 0.717) is 29.6 Å². The largest absolute Gasteiger partial charge is 0.478 e. The highest BCUT2D eigenvalue weighted by Crippen LogP contribution is 2.33. The molecule has 1 aliphatic rings. The summed E-state index contributed by atoms with van der Waals surface area (Å²) in [5.74, 6) is -0.837. The molecule has 3 aromatic carbocycles. The summed E-state index contributed by atoms with van der Waals surface area (Å²) in [5.41, 5.74) is 11.4. The summed E-state index contributed by atoms with van der Waals surface area (Å²) in [7, 11) is 0. The van der Waals surface area contributed by atoms with Crippen LogP contribution in [0.25, 0.3) is 33.2 Å². The number of nitrogen functional groups attached to an aromatic ring is 1. The highest BCUT2D eigenvalue weighted by atomic mass is 16.5. The zero-order chi connectivity index (χ0) is 26.6. The molecule has 1 aromatic heterocycles. The van der Waals surface area contributed by atoms with Crippen LogP contribution in [0.1, 0.15) is 54.9 Å². The van der Waals surface area contributed by atoms with Crippen LogP contribution in [0, 0.1) is 0 Å². The summed E-state index contributed by atoms with van der Waals surface area (Å²) >= 11 is 0. The molecule has 196 valence electrons. The van der Waals surface area contributed by atoms with Crippen molar-refractivity contribution in [1.82, 2.24) is 9.55 Å². The van der Waals surface area contributed by atoms with E-state index in [2.05, 4.69) is 36.2 Å². The molecule has 7 nitrogen and oxygen atoms in total. The van der Waals surface area contributed by atoms with Crippen LogP contribution >= 0.6 is 0 Å². The number of rotatable bonds is 9. The van der Waals surface area contributed by atoms with Crippen molar-refractivity contribution in [3.8, 4) is 22.3 Å². The number of aromatic nitrogens is 2. The molecule has 1 saturated heterocycles. The zero-order valence-corrected chi connectivity index (χ0v) is 21.7.